The molecular weight excluding hydrogens is 533 g/mol. The zero-order chi connectivity index (χ0) is 28.4. The molecule has 0 aromatic heterocycles. The van der Waals surface area contributed by atoms with Crippen LogP contribution in [0.2, 0.25) is 0 Å². The number of alkyl halides is 2. The lowest BCUT2D eigenvalue weighted by molar-refractivity contribution is -0.119. The van der Waals surface area contributed by atoms with E-state index in [1.807, 2.05) is 0 Å². The van der Waals surface area contributed by atoms with E-state index in [2.05, 4.69) is 31.1 Å². The van der Waals surface area contributed by atoms with Gasteiger partial charge in [0.2, 0.25) is 0 Å². The first kappa shape index (κ1) is 26.7. The number of anilines is 1. The predicted octanol–water partition coefficient (Wildman–Crippen LogP) is 2.24. The highest BCUT2D eigenvalue weighted by atomic mass is 19.3. The van der Waals surface area contributed by atoms with Crippen LogP contribution in [0.5, 0.6) is 11.5 Å². The van der Waals surface area contributed by atoms with E-state index in [0.29, 0.717) is 22.6 Å². The lowest BCUT2D eigenvalue weighted by atomic mass is 10.1. The van der Waals surface area contributed by atoms with Crippen LogP contribution >= 0.6 is 0 Å². The van der Waals surface area contributed by atoms with Crippen LogP contribution in [0.3, 0.4) is 0 Å². The molecule has 0 spiro atoms. The van der Waals surface area contributed by atoms with Gasteiger partial charge in [0.25, 0.3) is 17.7 Å². The summed E-state index contributed by atoms with van der Waals surface area (Å²) < 4.78 is 49.2. The van der Waals surface area contributed by atoms with Crippen LogP contribution in [-0.2, 0) is 27.5 Å². The summed E-state index contributed by atoms with van der Waals surface area (Å²) in [6, 6.07) is 9.94. The number of fused-ring (bicyclic) bond motifs is 2. The number of aliphatic imine (C=N–C) groups is 1. The zero-order valence-electron chi connectivity index (χ0n) is 21.0. The van der Waals surface area contributed by atoms with E-state index in [0.717, 1.165) is 5.01 Å². The molecule has 1 atom stereocenters. The number of nitrogens with one attached hydrogen (secondary N) is 4. The van der Waals surface area contributed by atoms with Gasteiger partial charge >= 0.3 is 6.61 Å². The molecule has 0 saturated heterocycles. The SMILES string of the molecule is CC1NN2C(C(=O)NCc3ccc(OC(F)F)cc3)=CC(C(=O)NCc3ccc4c(c3)NC(=O)CO4)=NC2=C1F. The third kappa shape index (κ3) is 5.76. The van der Waals surface area contributed by atoms with E-state index in [1.54, 1.807) is 18.2 Å². The summed E-state index contributed by atoms with van der Waals surface area (Å²) in [4.78, 5) is 41.8. The molecule has 3 heterocycles. The molecule has 5 rings (SSSR count). The van der Waals surface area contributed by atoms with Crippen LogP contribution in [0.4, 0.5) is 18.9 Å². The number of carbonyl (C=O) groups excluding carboxylic acids is 3. The fourth-order valence-electron chi connectivity index (χ4n) is 4.10. The molecule has 3 aliphatic rings. The number of hydrogen-bond donors (Lipinski definition) is 4. The second-order valence-electron chi connectivity index (χ2n) is 8.94. The molecule has 208 valence electrons. The third-order valence-electron chi connectivity index (χ3n) is 6.07. The molecular formula is C26H23F3N6O5. The van der Waals surface area contributed by atoms with Crippen molar-refractivity contribution in [2.45, 2.75) is 32.7 Å². The Kier molecular flexibility index (Phi) is 7.42. The van der Waals surface area contributed by atoms with Crippen molar-refractivity contribution in [1.29, 1.82) is 0 Å². The van der Waals surface area contributed by atoms with Gasteiger partial charge in [0, 0.05) is 19.2 Å². The Balaban J connectivity index is 1.28. The number of ether oxygens (including phenoxy) is 2. The third-order valence-corrected chi connectivity index (χ3v) is 6.07. The predicted molar refractivity (Wildman–Crippen MR) is 135 cm³/mol. The highest BCUT2D eigenvalue weighted by Gasteiger charge is 2.37. The summed E-state index contributed by atoms with van der Waals surface area (Å²) in [6.07, 6.45) is 1.23. The minimum absolute atomic E-state index is 0.0211. The molecule has 0 fully saturated rings. The number of benzene rings is 2. The van der Waals surface area contributed by atoms with Crippen molar-refractivity contribution in [3.05, 3.63) is 77.0 Å². The molecule has 0 bridgehead atoms. The minimum Gasteiger partial charge on any atom is -0.482 e. The molecule has 2 aromatic rings. The largest absolute Gasteiger partial charge is 0.482 e. The molecule has 1 unspecified atom stereocenters. The average molecular weight is 557 g/mol. The maximum Gasteiger partial charge on any atom is 0.387 e. The fraction of sp³-hybridized carbons (Fsp3) is 0.231. The van der Waals surface area contributed by atoms with Crippen molar-refractivity contribution in [2.24, 2.45) is 4.99 Å². The Morgan fingerprint density at radius 3 is 2.58 bits per heavy atom. The maximum absolute atomic E-state index is 14.8. The number of nitrogens with zero attached hydrogens (tertiary/aromatic N) is 2. The van der Waals surface area contributed by atoms with Gasteiger partial charge in [0.1, 0.15) is 22.9 Å². The number of halogens is 3. The summed E-state index contributed by atoms with van der Waals surface area (Å²) in [7, 11) is 0. The van der Waals surface area contributed by atoms with Gasteiger partial charge < -0.3 is 25.4 Å². The van der Waals surface area contributed by atoms with Crippen LogP contribution in [-0.4, -0.2) is 47.7 Å². The molecule has 2 aromatic carbocycles. The van der Waals surface area contributed by atoms with Crippen LogP contribution in [0.25, 0.3) is 0 Å². The highest BCUT2D eigenvalue weighted by molar-refractivity contribution is 6.44. The normalized spacial score (nSPS) is 17.8. The second-order valence-corrected chi connectivity index (χ2v) is 8.94. The molecule has 40 heavy (non-hydrogen) atoms. The molecule has 3 amide bonds. The van der Waals surface area contributed by atoms with Crippen molar-refractivity contribution in [1.82, 2.24) is 21.1 Å². The highest BCUT2D eigenvalue weighted by Crippen LogP contribution is 2.30. The summed E-state index contributed by atoms with van der Waals surface area (Å²) in [5.74, 6) is -1.97. The number of hydrazine groups is 1. The number of rotatable bonds is 8. The Morgan fingerprint density at radius 1 is 1.12 bits per heavy atom. The number of hydrogen-bond acceptors (Lipinski definition) is 8. The molecule has 0 aliphatic carbocycles. The minimum atomic E-state index is -2.95. The van der Waals surface area contributed by atoms with Crippen molar-refractivity contribution >= 4 is 29.1 Å². The quantitative estimate of drug-likeness (QED) is 0.392. The maximum atomic E-state index is 14.8. The van der Waals surface area contributed by atoms with Crippen molar-refractivity contribution < 1.29 is 37.0 Å². The summed E-state index contributed by atoms with van der Waals surface area (Å²) in [5.41, 5.74) is 4.26. The molecule has 11 nitrogen and oxygen atoms in total. The number of carbonyl (C=O) groups is 3. The van der Waals surface area contributed by atoms with Crippen molar-refractivity contribution in [2.75, 3.05) is 11.9 Å². The molecule has 3 aliphatic heterocycles. The van der Waals surface area contributed by atoms with E-state index >= 15 is 0 Å². The zero-order valence-corrected chi connectivity index (χ0v) is 21.0. The van der Waals surface area contributed by atoms with Gasteiger partial charge in [-0.1, -0.05) is 18.2 Å². The van der Waals surface area contributed by atoms with Crippen LogP contribution in [0.1, 0.15) is 18.1 Å². The van der Waals surface area contributed by atoms with E-state index in [9.17, 15) is 27.6 Å². The van der Waals surface area contributed by atoms with Gasteiger partial charge in [-0.25, -0.2) is 14.8 Å². The second kappa shape index (κ2) is 11.1. The first-order valence-corrected chi connectivity index (χ1v) is 12.1. The summed E-state index contributed by atoms with van der Waals surface area (Å²) in [6.45, 7) is -1.42. The van der Waals surface area contributed by atoms with Gasteiger partial charge in [-0.3, -0.25) is 19.4 Å². The Bertz CT molecular complexity index is 1460. The number of amides is 3. The Labute approximate surface area is 225 Å². The molecule has 14 heteroatoms. The topological polar surface area (TPSA) is 133 Å². The van der Waals surface area contributed by atoms with Crippen molar-refractivity contribution in [3.8, 4) is 11.5 Å². The summed E-state index contributed by atoms with van der Waals surface area (Å²) >= 11 is 0. The van der Waals surface area contributed by atoms with E-state index in [1.165, 1.54) is 37.3 Å². The smallest absolute Gasteiger partial charge is 0.387 e. The Morgan fingerprint density at radius 2 is 1.82 bits per heavy atom. The first-order valence-electron chi connectivity index (χ1n) is 12.1. The molecule has 4 N–H and O–H groups in total. The van der Waals surface area contributed by atoms with Gasteiger partial charge in [0.15, 0.2) is 18.3 Å². The van der Waals surface area contributed by atoms with Gasteiger partial charge in [-0.15, -0.1) is 0 Å². The molecule has 0 radical (unpaired) electrons. The van der Waals surface area contributed by atoms with Gasteiger partial charge in [-0.05, 0) is 42.3 Å². The van der Waals surface area contributed by atoms with E-state index in [4.69, 9.17) is 4.74 Å². The lowest BCUT2D eigenvalue weighted by Gasteiger charge is -2.26. The fourth-order valence-corrected chi connectivity index (χ4v) is 4.10. The summed E-state index contributed by atoms with van der Waals surface area (Å²) in [5, 5.41) is 9.20. The van der Waals surface area contributed by atoms with Crippen LogP contribution in [0.15, 0.2) is 70.9 Å². The van der Waals surface area contributed by atoms with Crippen LogP contribution < -0.4 is 30.8 Å². The van der Waals surface area contributed by atoms with E-state index in [-0.39, 0.29) is 48.6 Å². The Hall–Kier alpha value is -4.85. The van der Waals surface area contributed by atoms with E-state index < -0.39 is 30.3 Å². The lowest BCUT2D eigenvalue weighted by Crippen LogP contribution is -2.44. The first-order chi connectivity index (χ1) is 19.2. The van der Waals surface area contributed by atoms with Gasteiger partial charge in [-0.2, -0.15) is 8.78 Å². The van der Waals surface area contributed by atoms with Crippen molar-refractivity contribution in [3.63, 3.8) is 0 Å². The monoisotopic (exact) mass is 556 g/mol. The van der Waals surface area contributed by atoms with Crippen LogP contribution in [0, 0.1) is 0 Å². The van der Waals surface area contributed by atoms with Gasteiger partial charge in [0.05, 0.1) is 11.7 Å². The molecule has 0 saturated carbocycles. The standard InChI is InChI=1S/C26H23F3N6O5/c1-13-22(27)23-33-18(24(37)30-11-15-4-7-20-17(8-15)32-21(36)12-39-20)9-19(35(23)34-13)25(38)31-10-14-2-5-16(6-3-14)40-26(28)29/h2-9,13,26,34H,10-12H2,1H3,(H,30,37)(H,31,38)(H,32,36). The average Bonchev–Trinajstić information content (AvgIpc) is 3.23.